The van der Waals surface area contributed by atoms with Gasteiger partial charge >= 0.3 is 0 Å². The highest BCUT2D eigenvalue weighted by Crippen LogP contribution is 2.02. The smallest absolute Gasteiger partial charge is 0.123 e. The Bertz CT molecular complexity index is 440. The number of nitrogens with zero attached hydrogens (tertiary/aromatic N) is 1. The average molecular weight is 231 g/mol. The topological polar surface area (TPSA) is 29.5 Å². The van der Waals surface area contributed by atoms with Crippen molar-refractivity contribution in [3.63, 3.8) is 0 Å². The van der Waals surface area contributed by atoms with Crippen LogP contribution < -0.4 is 5.32 Å². The molecule has 0 amide bonds. The van der Waals surface area contributed by atoms with Crippen LogP contribution in [0.1, 0.15) is 11.1 Å². The Morgan fingerprint density at radius 3 is 2.59 bits per heavy atom. The summed E-state index contributed by atoms with van der Waals surface area (Å²) in [6.07, 6.45) is 4.62. The van der Waals surface area contributed by atoms with Crippen LogP contribution in [-0.4, -0.2) is 11.5 Å². The Labute approximate surface area is 101 Å². The Kier molecular flexibility index (Phi) is 4.22. The molecular formula is C14H16FN2+. The van der Waals surface area contributed by atoms with Gasteiger partial charge in [0.15, 0.2) is 0 Å². The maximum absolute atomic E-state index is 12.7. The second-order valence-corrected chi connectivity index (χ2v) is 4.02. The van der Waals surface area contributed by atoms with Crippen LogP contribution in [-0.2, 0) is 13.0 Å². The van der Waals surface area contributed by atoms with Gasteiger partial charge in [-0.05, 0) is 23.8 Å². The Hall–Kier alpha value is -1.74. The highest BCUT2D eigenvalue weighted by molar-refractivity contribution is 5.15. The second kappa shape index (κ2) is 6.11. The van der Waals surface area contributed by atoms with Crippen molar-refractivity contribution in [3.05, 3.63) is 65.7 Å². The van der Waals surface area contributed by atoms with Crippen molar-refractivity contribution >= 4 is 0 Å². The largest absolute Gasteiger partial charge is 0.342 e. The lowest BCUT2D eigenvalue weighted by molar-refractivity contribution is -0.670. The molecule has 2 rings (SSSR count). The van der Waals surface area contributed by atoms with Gasteiger partial charge in [0.1, 0.15) is 12.4 Å². The number of halogens is 1. The molecule has 3 heteroatoms. The number of benzene rings is 1. The molecule has 0 aliphatic carbocycles. The third-order valence-electron chi connectivity index (χ3n) is 2.65. The molecule has 2 aromatic rings. The molecule has 1 aromatic carbocycles. The maximum atomic E-state index is 12.7. The van der Waals surface area contributed by atoms with E-state index < -0.39 is 0 Å². The molecule has 0 saturated heterocycles. The number of pyridine rings is 1. The van der Waals surface area contributed by atoms with Gasteiger partial charge in [-0.1, -0.05) is 18.2 Å². The average Bonchev–Trinajstić information content (AvgIpc) is 2.38. The third-order valence-corrected chi connectivity index (χ3v) is 2.65. The summed E-state index contributed by atoms with van der Waals surface area (Å²) >= 11 is 0. The minimum atomic E-state index is -0.173. The van der Waals surface area contributed by atoms with Gasteiger partial charge in [-0.15, -0.1) is 0 Å². The highest BCUT2D eigenvalue weighted by Gasteiger charge is 1.97. The first-order valence-corrected chi connectivity index (χ1v) is 5.79. The van der Waals surface area contributed by atoms with Crippen molar-refractivity contribution in [2.45, 2.75) is 13.0 Å². The summed E-state index contributed by atoms with van der Waals surface area (Å²) in [5.41, 5.74) is 2.40. The fraction of sp³-hybridized carbons (Fsp3) is 0.214. The molecule has 0 spiro atoms. The number of rotatable bonds is 5. The van der Waals surface area contributed by atoms with Gasteiger partial charge in [-0.3, -0.25) is 4.98 Å². The molecule has 1 heterocycles. The molecule has 0 fully saturated rings. The fourth-order valence-electron chi connectivity index (χ4n) is 1.71. The summed E-state index contributed by atoms with van der Waals surface area (Å²) in [4.78, 5) is 4.07. The zero-order valence-corrected chi connectivity index (χ0v) is 9.64. The zero-order valence-electron chi connectivity index (χ0n) is 9.64. The first-order chi connectivity index (χ1) is 8.34. The number of quaternary nitrogens is 1. The van der Waals surface area contributed by atoms with Crippen LogP contribution in [0.25, 0.3) is 0 Å². The van der Waals surface area contributed by atoms with E-state index in [-0.39, 0.29) is 5.82 Å². The normalized spacial score (nSPS) is 10.4. The molecule has 1 aromatic heterocycles. The summed E-state index contributed by atoms with van der Waals surface area (Å²) in [6, 6.07) is 10.7. The van der Waals surface area contributed by atoms with Crippen LogP contribution in [0.3, 0.4) is 0 Å². The van der Waals surface area contributed by atoms with E-state index in [9.17, 15) is 4.39 Å². The van der Waals surface area contributed by atoms with E-state index >= 15 is 0 Å². The van der Waals surface area contributed by atoms with Gasteiger partial charge in [-0.25, -0.2) is 4.39 Å². The first-order valence-electron chi connectivity index (χ1n) is 5.79. The van der Waals surface area contributed by atoms with Crippen molar-refractivity contribution in [2.75, 3.05) is 6.54 Å². The fourth-order valence-corrected chi connectivity index (χ4v) is 1.71. The van der Waals surface area contributed by atoms with Crippen molar-refractivity contribution in [1.82, 2.24) is 4.98 Å². The van der Waals surface area contributed by atoms with E-state index in [4.69, 9.17) is 0 Å². The van der Waals surface area contributed by atoms with E-state index in [0.29, 0.717) is 0 Å². The molecule has 0 atom stereocenters. The molecule has 0 radical (unpaired) electrons. The van der Waals surface area contributed by atoms with E-state index in [2.05, 4.69) is 16.4 Å². The van der Waals surface area contributed by atoms with Gasteiger partial charge in [0.25, 0.3) is 0 Å². The lowest BCUT2D eigenvalue weighted by Crippen LogP contribution is -2.83. The van der Waals surface area contributed by atoms with Gasteiger partial charge in [0, 0.05) is 24.4 Å². The predicted octanol–water partition coefficient (Wildman–Crippen LogP) is 1.53. The van der Waals surface area contributed by atoms with Gasteiger partial charge in [0.2, 0.25) is 0 Å². The van der Waals surface area contributed by atoms with E-state index in [1.807, 2.05) is 24.4 Å². The summed E-state index contributed by atoms with van der Waals surface area (Å²) < 4.78 is 12.7. The lowest BCUT2D eigenvalue weighted by Gasteiger charge is -2.02. The number of nitrogens with two attached hydrogens (primary N) is 1. The van der Waals surface area contributed by atoms with Crippen molar-refractivity contribution in [3.8, 4) is 0 Å². The summed E-state index contributed by atoms with van der Waals surface area (Å²) in [5, 5.41) is 2.24. The molecule has 0 unspecified atom stereocenters. The van der Waals surface area contributed by atoms with Crippen LogP contribution in [0, 0.1) is 5.82 Å². The van der Waals surface area contributed by atoms with E-state index in [1.54, 1.807) is 6.20 Å². The SMILES string of the molecule is Fc1ccc(CC[NH2+]Cc2cccnc2)cc1. The molecule has 88 valence electrons. The Balaban J connectivity index is 1.71. The van der Waals surface area contributed by atoms with E-state index in [0.717, 1.165) is 19.5 Å². The van der Waals surface area contributed by atoms with Crippen LogP contribution in [0.4, 0.5) is 4.39 Å². The van der Waals surface area contributed by atoms with Crippen LogP contribution in [0.15, 0.2) is 48.8 Å². The molecule has 0 bridgehead atoms. The lowest BCUT2D eigenvalue weighted by atomic mass is 10.1. The molecule has 0 aliphatic heterocycles. The van der Waals surface area contributed by atoms with Crippen LogP contribution in [0.2, 0.25) is 0 Å². The molecule has 0 saturated carbocycles. The third kappa shape index (κ3) is 3.96. The van der Waals surface area contributed by atoms with E-state index in [1.165, 1.54) is 23.3 Å². The summed E-state index contributed by atoms with van der Waals surface area (Å²) in [5.74, 6) is -0.173. The monoisotopic (exact) mass is 231 g/mol. The van der Waals surface area contributed by atoms with Crippen molar-refractivity contribution in [1.29, 1.82) is 0 Å². The molecule has 2 N–H and O–H groups in total. The van der Waals surface area contributed by atoms with Crippen LogP contribution in [0.5, 0.6) is 0 Å². The number of hydrogen-bond donors (Lipinski definition) is 1. The molecule has 17 heavy (non-hydrogen) atoms. The standard InChI is InChI=1S/C14H15FN2/c15-14-5-3-12(4-6-14)7-9-17-11-13-2-1-8-16-10-13/h1-6,8,10,17H,7,9,11H2/p+1. The maximum Gasteiger partial charge on any atom is 0.123 e. The summed E-state index contributed by atoms with van der Waals surface area (Å²) in [6.45, 7) is 1.94. The van der Waals surface area contributed by atoms with Gasteiger partial charge in [-0.2, -0.15) is 0 Å². The van der Waals surface area contributed by atoms with Gasteiger partial charge in [0.05, 0.1) is 6.54 Å². The second-order valence-electron chi connectivity index (χ2n) is 4.02. The van der Waals surface area contributed by atoms with Gasteiger partial charge < -0.3 is 5.32 Å². The highest BCUT2D eigenvalue weighted by atomic mass is 19.1. The molecular weight excluding hydrogens is 215 g/mol. The minimum absolute atomic E-state index is 0.173. The quantitative estimate of drug-likeness (QED) is 0.777. The molecule has 2 nitrogen and oxygen atoms in total. The Morgan fingerprint density at radius 2 is 1.88 bits per heavy atom. The summed E-state index contributed by atoms with van der Waals surface area (Å²) in [7, 11) is 0. The van der Waals surface area contributed by atoms with Crippen molar-refractivity contribution < 1.29 is 9.71 Å². The minimum Gasteiger partial charge on any atom is -0.342 e. The van der Waals surface area contributed by atoms with Crippen molar-refractivity contribution in [2.24, 2.45) is 0 Å². The Morgan fingerprint density at radius 1 is 1.06 bits per heavy atom. The zero-order chi connectivity index (χ0) is 11.9. The first kappa shape index (κ1) is 11.7. The van der Waals surface area contributed by atoms with Crippen LogP contribution >= 0.6 is 0 Å². The number of aromatic nitrogens is 1. The number of hydrogen-bond acceptors (Lipinski definition) is 1. The molecule has 0 aliphatic rings. The predicted molar refractivity (Wildman–Crippen MR) is 64.8 cm³/mol.